The highest BCUT2D eigenvalue weighted by Gasteiger charge is 2.30. The zero-order chi connectivity index (χ0) is 19.0. The minimum atomic E-state index is -4.32. The van der Waals surface area contributed by atoms with Crippen molar-refractivity contribution in [3.8, 4) is 0 Å². The van der Waals surface area contributed by atoms with Crippen molar-refractivity contribution in [3.05, 3.63) is 64.6 Å². The van der Waals surface area contributed by atoms with Gasteiger partial charge < -0.3 is 9.88 Å². The number of nitrogens with zero attached hydrogens (tertiary/aromatic N) is 3. The number of nitrogens with one attached hydrogen (secondary N) is 1. The molecular formula is C19H19F3N4O. The van der Waals surface area contributed by atoms with Gasteiger partial charge in [-0.15, -0.1) is 0 Å². The smallest absolute Gasteiger partial charge is 0.369 e. The number of imidazole rings is 1. The zero-order valence-electron chi connectivity index (χ0n) is 14.5. The Labute approximate surface area is 153 Å². The molecule has 1 fully saturated rings. The predicted molar refractivity (Wildman–Crippen MR) is 97.8 cm³/mol. The first-order chi connectivity index (χ1) is 12.9. The number of anilines is 1. The van der Waals surface area contributed by atoms with Crippen molar-refractivity contribution in [2.45, 2.75) is 12.8 Å². The fourth-order valence-corrected chi connectivity index (χ4v) is 3.46. The van der Waals surface area contributed by atoms with E-state index < -0.39 is 11.7 Å². The normalized spacial score (nSPS) is 16.2. The van der Waals surface area contributed by atoms with Crippen molar-refractivity contribution in [1.82, 2.24) is 14.5 Å². The SMILES string of the molecule is O=c1[nH]c2ccccc2n1CN1CCN(c2ccc(C(F)(F)F)cc2)CC1. The third kappa shape index (κ3) is 3.57. The molecule has 1 aliphatic heterocycles. The molecule has 0 atom stereocenters. The molecule has 0 unspecified atom stereocenters. The number of aromatic nitrogens is 2. The van der Waals surface area contributed by atoms with E-state index in [2.05, 4.69) is 14.8 Å². The van der Waals surface area contributed by atoms with Crippen LogP contribution in [0.4, 0.5) is 18.9 Å². The summed E-state index contributed by atoms with van der Waals surface area (Å²) in [6.07, 6.45) is -4.32. The lowest BCUT2D eigenvalue weighted by molar-refractivity contribution is -0.137. The number of para-hydroxylation sites is 2. The third-order valence-electron chi connectivity index (χ3n) is 4.96. The van der Waals surface area contributed by atoms with Crippen LogP contribution < -0.4 is 10.6 Å². The van der Waals surface area contributed by atoms with Gasteiger partial charge in [0.2, 0.25) is 0 Å². The Morgan fingerprint density at radius 1 is 0.926 bits per heavy atom. The lowest BCUT2D eigenvalue weighted by Gasteiger charge is -2.36. The number of benzene rings is 2. The number of piperazine rings is 1. The summed E-state index contributed by atoms with van der Waals surface area (Å²) in [6.45, 7) is 3.34. The maximum atomic E-state index is 12.7. The van der Waals surface area contributed by atoms with Crippen molar-refractivity contribution in [2.24, 2.45) is 0 Å². The highest BCUT2D eigenvalue weighted by Crippen LogP contribution is 2.30. The van der Waals surface area contributed by atoms with Crippen LogP contribution in [0.3, 0.4) is 0 Å². The van der Waals surface area contributed by atoms with E-state index >= 15 is 0 Å². The Morgan fingerprint density at radius 2 is 1.59 bits per heavy atom. The van der Waals surface area contributed by atoms with Gasteiger partial charge in [-0.3, -0.25) is 9.47 Å². The Kier molecular flexibility index (Phi) is 4.43. The summed E-state index contributed by atoms with van der Waals surface area (Å²) in [5.74, 6) is 0. The lowest BCUT2D eigenvalue weighted by Crippen LogP contribution is -2.47. The number of rotatable bonds is 3. The van der Waals surface area contributed by atoms with E-state index in [4.69, 9.17) is 0 Å². The van der Waals surface area contributed by atoms with Crippen molar-refractivity contribution in [2.75, 3.05) is 31.1 Å². The molecule has 27 heavy (non-hydrogen) atoms. The van der Waals surface area contributed by atoms with Gasteiger partial charge in [0.25, 0.3) is 0 Å². The molecule has 4 rings (SSSR count). The van der Waals surface area contributed by atoms with E-state index in [0.29, 0.717) is 19.8 Å². The molecule has 0 amide bonds. The van der Waals surface area contributed by atoms with Gasteiger partial charge in [-0.2, -0.15) is 13.2 Å². The molecule has 0 saturated carbocycles. The average molecular weight is 376 g/mol. The van der Waals surface area contributed by atoms with Gasteiger partial charge in [0.05, 0.1) is 23.3 Å². The van der Waals surface area contributed by atoms with Gasteiger partial charge in [0.15, 0.2) is 0 Å². The van der Waals surface area contributed by atoms with Gasteiger partial charge in [-0.1, -0.05) is 12.1 Å². The molecule has 1 aliphatic rings. The van der Waals surface area contributed by atoms with Crippen molar-refractivity contribution in [3.63, 3.8) is 0 Å². The van der Waals surface area contributed by atoms with Crippen molar-refractivity contribution >= 4 is 16.7 Å². The second-order valence-electron chi connectivity index (χ2n) is 6.67. The maximum absolute atomic E-state index is 12.7. The highest BCUT2D eigenvalue weighted by atomic mass is 19.4. The molecule has 3 aromatic rings. The van der Waals surface area contributed by atoms with Gasteiger partial charge in [-0.05, 0) is 36.4 Å². The van der Waals surface area contributed by atoms with E-state index in [1.165, 1.54) is 12.1 Å². The van der Waals surface area contributed by atoms with Crippen LogP contribution in [0, 0.1) is 0 Å². The van der Waals surface area contributed by atoms with Gasteiger partial charge >= 0.3 is 11.9 Å². The molecule has 0 radical (unpaired) electrons. The molecule has 2 aromatic carbocycles. The number of halogens is 3. The van der Waals surface area contributed by atoms with Gasteiger partial charge in [0.1, 0.15) is 0 Å². The molecule has 142 valence electrons. The van der Waals surface area contributed by atoms with Crippen LogP contribution in [0.25, 0.3) is 11.0 Å². The Balaban J connectivity index is 1.42. The van der Waals surface area contributed by atoms with E-state index in [9.17, 15) is 18.0 Å². The third-order valence-corrected chi connectivity index (χ3v) is 4.96. The lowest BCUT2D eigenvalue weighted by atomic mass is 10.1. The summed E-state index contributed by atoms with van der Waals surface area (Å²) < 4.78 is 39.8. The van der Waals surface area contributed by atoms with Crippen LogP contribution in [0.5, 0.6) is 0 Å². The molecule has 0 aliphatic carbocycles. The molecule has 1 aromatic heterocycles. The monoisotopic (exact) mass is 376 g/mol. The fourth-order valence-electron chi connectivity index (χ4n) is 3.46. The molecule has 5 nitrogen and oxygen atoms in total. The van der Waals surface area contributed by atoms with E-state index in [-0.39, 0.29) is 5.69 Å². The Bertz CT molecular complexity index is 983. The second-order valence-corrected chi connectivity index (χ2v) is 6.67. The first-order valence-electron chi connectivity index (χ1n) is 8.74. The number of hydrogen-bond acceptors (Lipinski definition) is 3. The molecule has 8 heteroatoms. The molecular weight excluding hydrogens is 357 g/mol. The van der Waals surface area contributed by atoms with Crippen LogP contribution in [0.1, 0.15) is 5.56 Å². The largest absolute Gasteiger partial charge is 0.416 e. The molecule has 1 N–H and O–H groups in total. The molecule has 0 spiro atoms. The molecule has 2 heterocycles. The summed E-state index contributed by atoms with van der Waals surface area (Å²) in [5.41, 5.74) is 1.69. The number of H-pyrrole nitrogens is 1. The minimum Gasteiger partial charge on any atom is -0.369 e. The molecule has 0 bridgehead atoms. The Hall–Kier alpha value is -2.74. The zero-order valence-corrected chi connectivity index (χ0v) is 14.5. The van der Waals surface area contributed by atoms with E-state index in [0.717, 1.165) is 41.9 Å². The van der Waals surface area contributed by atoms with Gasteiger partial charge in [0, 0.05) is 31.9 Å². The predicted octanol–water partition coefficient (Wildman–Crippen LogP) is 3.13. The Morgan fingerprint density at radius 3 is 2.26 bits per heavy atom. The topological polar surface area (TPSA) is 44.3 Å². The standard InChI is InChI=1S/C19H19F3N4O/c20-19(21,22)14-5-7-15(8-6-14)25-11-9-24(10-12-25)13-26-17-4-2-1-3-16(17)23-18(26)27/h1-8H,9-13H2,(H,23,27). The first-order valence-corrected chi connectivity index (χ1v) is 8.74. The van der Waals surface area contributed by atoms with Crippen LogP contribution in [0.15, 0.2) is 53.3 Å². The summed E-state index contributed by atoms with van der Waals surface area (Å²) in [6, 6.07) is 12.8. The summed E-state index contributed by atoms with van der Waals surface area (Å²) in [7, 11) is 0. The van der Waals surface area contributed by atoms with Crippen LogP contribution in [-0.4, -0.2) is 40.6 Å². The van der Waals surface area contributed by atoms with Crippen LogP contribution >= 0.6 is 0 Å². The first kappa shape index (κ1) is 17.7. The summed E-state index contributed by atoms with van der Waals surface area (Å²) >= 11 is 0. The second kappa shape index (κ2) is 6.77. The number of aromatic amines is 1. The number of alkyl halides is 3. The average Bonchev–Trinajstić information content (AvgIpc) is 2.97. The van der Waals surface area contributed by atoms with E-state index in [1.54, 1.807) is 4.57 Å². The van der Waals surface area contributed by atoms with Crippen molar-refractivity contribution in [1.29, 1.82) is 0 Å². The number of fused-ring (bicyclic) bond motifs is 1. The van der Waals surface area contributed by atoms with Crippen molar-refractivity contribution < 1.29 is 13.2 Å². The molecule has 1 saturated heterocycles. The quantitative estimate of drug-likeness (QED) is 0.764. The number of hydrogen-bond donors (Lipinski definition) is 1. The minimum absolute atomic E-state index is 0.138. The van der Waals surface area contributed by atoms with Crippen LogP contribution in [-0.2, 0) is 12.8 Å². The highest BCUT2D eigenvalue weighted by molar-refractivity contribution is 5.74. The summed E-state index contributed by atoms with van der Waals surface area (Å²) in [4.78, 5) is 19.3. The fraction of sp³-hybridized carbons (Fsp3) is 0.316. The van der Waals surface area contributed by atoms with Gasteiger partial charge in [-0.25, -0.2) is 4.79 Å². The van der Waals surface area contributed by atoms with Crippen LogP contribution in [0.2, 0.25) is 0 Å². The summed E-state index contributed by atoms with van der Waals surface area (Å²) in [5, 5.41) is 0. The van der Waals surface area contributed by atoms with E-state index in [1.807, 2.05) is 24.3 Å². The maximum Gasteiger partial charge on any atom is 0.416 e.